The van der Waals surface area contributed by atoms with Crippen LogP contribution in [0.3, 0.4) is 0 Å². The maximum Gasteiger partial charge on any atom is 0.177 e. The van der Waals surface area contributed by atoms with Gasteiger partial charge in [-0.25, -0.2) is 4.98 Å². The van der Waals surface area contributed by atoms with E-state index in [1.165, 1.54) is 0 Å². The highest BCUT2D eigenvalue weighted by molar-refractivity contribution is 9.10. The van der Waals surface area contributed by atoms with Gasteiger partial charge in [-0.2, -0.15) is 0 Å². The summed E-state index contributed by atoms with van der Waals surface area (Å²) in [5.41, 5.74) is 2.92. The molecule has 0 spiro atoms. The maximum absolute atomic E-state index is 5.81. The smallest absolute Gasteiger partial charge is 0.177 e. The zero-order valence-electron chi connectivity index (χ0n) is 13.9. The molecule has 0 aliphatic rings. The molecule has 4 aromatic rings. The third-order valence-corrected chi connectivity index (χ3v) is 4.61. The van der Waals surface area contributed by atoms with Crippen LogP contribution in [-0.4, -0.2) is 14.7 Å². The summed E-state index contributed by atoms with van der Waals surface area (Å²) in [5, 5.41) is 4.16. The lowest BCUT2D eigenvalue weighted by atomic mass is 10.1. The van der Waals surface area contributed by atoms with E-state index in [0.717, 1.165) is 33.1 Å². The van der Waals surface area contributed by atoms with Crippen molar-refractivity contribution >= 4 is 15.9 Å². The quantitative estimate of drug-likeness (QED) is 0.453. The number of ether oxygens (including phenoxy) is 1. The zero-order valence-corrected chi connectivity index (χ0v) is 15.5. The molecule has 26 heavy (non-hydrogen) atoms. The van der Waals surface area contributed by atoms with Crippen molar-refractivity contribution in [2.24, 2.45) is 0 Å². The standard InChI is InChI=1S/C20H16BrN3O2/c21-20-22-10-11-24(20)13-18-12-19(23-26-18)16-6-8-17(9-7-16)25-14-15-4-2-1-3-5-15/h1-12H,13-14H2. The van der Waals surface area contributed by atoms with Crippen molar-refractivity contribution in [2.75, 3.05) is 0 Å². The molecule has 0 saturated carbocycles. The van der Waals surface area contributed by atoms with E-state index in [-0.39, 0.29) is 0 Å². The molecule has 0 aliphatic carbocycles. The van der Waals surface area contributed by atoms with Gasteiger partial charge in [0, 0.05) is 24.0 Å². The summed E-state index contributed by atoms with van der Waals surface area (Å²) in [5.74, 6) is 1.59. The molecule has 4 rings (SSSR count). The van der Waals surface area contributed by atoms with E-state index in [1.807, 2.05) is 71.4 Å². The average molecular weight is 410 g/mol. The van der Waals surface area contributed by atoms with E-state index < -0.39 is 0 Å². The number of rotatable bonds is 6. The minimum Gasteiger partial charge on any atom is -0.489 e. The number of aromatic nitrogens is 3. The average Bonchev–Trinajstić information content (AvgIpc) is 3.31. The Labute approximate surface area is 159 Å². The Bertz CT molecular complexity index is 978. The lowest BCUT2D eigenvalue weighted by Crippen LogP contribution is -1.96. The second-order valence-electron chi connectivity index (χ2n) is 5.80. The summed E-state index contributed by atoms with van der Waals surface area (Å²) in [7, 11) is 0. The monoisotopic (exact) mass is 409 g/mol. The van der Waals surface area contributed by atoms with Crippen LogP contribution in [0.1, 0.15) is 11.3 Å². The summed E-state index contributed by atoms with van der Waals surface area (Å²) in [6.45, 7) is 1.12. The lowest BCUT2D eigenvalue weighted by Gasteiger charge is -2.06. The fourth-order valence-corrected chi connectivity index (χ4v) is 2.94. The second kappa shape index (κ2) is 7.58. The minimum atomic E-state index is 0.550. The van der Waals surface area contributed by atoms with E-state index in [4.69, 9.17) is 9.26 Å². The normalized spacial score (nSPS) is 10.8. The highest BCUT2D eigenvalue weighted by Gasteiger charge is 2.09. The second-order valence-corrected chi connectivity index (χ2v) is 6.51. The molecule has 0 radical (unpaired) electrons. The van der Waals surface area contributed by atoms with Crippen molar-refractivity contribution in [3.8, 4) is 17.0 Å². The Hall–Kier alpha value is -2.86. The van der Waals surface area contributed by atoms with Crippen molar-refractivity contribution in [3.63, 3.8) is 0 Å². The number of imidazole rings is 1. The molecule has 5 nitrogen and oxygen atoms in total. The largest absolute Gasteiger partial charge is 0.489 e. The fourth-order valence-electron chi connectivity index (χ4n) is 2.58. The fraction of sp³-hybridized carbons (Fsp3) is 0.100. The molecule has 0 aliphatic heterocycles. The Morgan fingerprint density at radius 1 is 1.04 bits per heavy atom. The molecule has 0 N–H and O–H groups in total. The van der Waals surface area contributed by atoms with Gasteiger partial charge in [-0.1, -0.05) is 35.5 Å². The molecular formula is C20H16BrN3O2. The summed E-state index contributed by atoms with van der Waals surface area (Å²) in [6, 6.07) is 19.9. The predicted molar refractivity (Wildman–Crippen MR) is 102 cm³/mol. The number of hydrogen-bond acceptors (Lipinski definition) is 4. The molecule has 2 heterocycles. The highest BCUT2D eigenvalue weighted by atomic mass is 79.9. The van der Waals surface area contributed by atoms with Gasteiger partial charge < -0.3 is 13.8 Å². The van der Waals surface area contributed by atoms with Crippen LogP contribution in [0.5, 0.6) is 5.75 Å². The van der Waals surface area contributed by atoms with Gasteiger partial charge >= 0.3 is 0 Å². The first kappa shape index (κ1) is 16.6. The Balaban J connectivity index is 1.41. The van der Waals surface area contributed by atoms with Gasteiger partial charge in [0.25, 0.3) is 0 Å². The molecule has 0 bridgehead atoms. The molecule has 6 heteroatoms. The SMILES string of the molecule is Brc1nccn1Cc1cc(-c2ccc(OCc3ccccc3)cc2)no1. The molecule has 2 aromatic carbocycles. The third-order valence-electron chi connectivity index (χ3n) is 3.95. The third kappa shape index (κ3) is 3.86. The van der Waals surface area contributed by atoms with E-state index >= 15 is 0 Å². The number of benzene rings is 2. The van der Waals surface area contributed by atoms with Crippen LogP contribution < -0.4 is 4.74 Å². The molecule has 0 unspecified atom stereocenters. The molecule has 0 amide bonds. The highest BCUT2D eigenvalue weighted by Crippen LogP contribution is 2.23. The van der Waals surface area contributed by atoms with Crippen LogP contribution >= 0.6 is 15.9 Å². The maximum atomic E-state index is 5.81. The van der Waals surface area contributed by atoms with Gasteiger partial charge in [0.15, 0.2) is 10.5 Å². The van der Waals surface area contributed by atoms with Crippen molar-refractivity contribution in [1.29, 1.82) is 0 Å². The van der Waals surface area contributed by atoms with Gasteiger partial charge in [0.1, 0.15) is 18.1 Å². The molecule has 0 saturated heterocycles. The van der Waals surface area contributed by atoms with E-state index in [1.54, 1.807) is 6.20 Å². The van der Waals surface area contributed by atoms with Crippen molar-refractivity contribution in [3.05, 3.63) is 89.1 Å². The molecular weight excluding hydrogens is 394 g/mol. The van der Waals surface area contributed by atoms with Gasteiger partial charge in [-0.3, -0.25) is 0 Å². The van der Waals surface area contributed by atoms with Crippen LogP contribution in [0.2, 0.25) is 0 Å². The van der Waals surface area contributed by atoms with Gasteiger partial charge in [0.05, 0.1) is 6.54 Å². The first-order chi connectivity index (χ1) is 12.8. The molecule has 130 valence electrons. The van der Waals surface area contributed by atoms with Crippen LogP contribution in [-0.2, 0) is 13.2 Å². The lowest BCUT2D eigenvalue weighted by molar-refractivity contribution is 0.306. The van der Waals surface area contributed by atoms with Crippen LogP contribution in [0, 0.1) is 0 Å². The number of halogens is 1. The first-order valence-corrected chi connectivity index (χ1v) is 8.96. The Morgan fingerprint density at radius 2 is 1.85 bits per heavy atom. The predicted octanol–water partition coefficient (Wildman–Crippen LogP) is 4.93. The van der Waals surface area contributed by atoms with Crippen LogP contribution in [0.25, 0.3) is 11.3 Å². The van der Waals surface area contributed by atoms with Gasteiger partial charge in [0.2, 0.25) is 0 Å². The summed E-state index contributed by atoms with van der Waals surface area (Å²) in [6.07, 6.45) is 3.61. The van der Waals surface area contributed by atoms with Gasteiger partial charge in [-0.15, -0.1) is 0 Å². The molecule has 0 fully saturated rings. The van der Waals surface area contributed by atoms with E-state index in [9.17, 15) is 0 Å². The van der Waals surface area contributed by atoms with Crippen LogP contribution in [0.4, 0.5) is 0 Å². The Morgan fingerprint density at radius 3 is 2.58 bits per heavy atom. The number of nitrogens with zero attached hydrogens (tertiary/aromatic N) is 3. The van der Waals surface area contributed by atoms with E-state index in [2.05, 4.69) is 26.1 Å². The number of hydrogen-bond donors (Lipinski definition) is 0. The topological polar surface area (TPSA) is 53.1 Å². The summed E-state index contributed by atoms with van der Waals surface area (Å²) in [4.78, 5) is 4.13. The zero-order chi connectivity index (χ0) is 17.8. The molecule has 2 aromatic heterocycles. The van der Waals surface area contributed by atoms with Crippen molar-refractivity contribution in [1.82, 2.24) is 14.7 Å². The van der Waals surface area contributed by atoms with E-state index in [0.29, 0.717) is 13.2 Å². The summed E-state index contributed by atoms with van der Waals surface area (Å²) < 4.78 is 13.9. The minimum absolute atomic E-state index is 0.550. The van der Waals surface area contributed by atoms with Crippen molar-refractivity contribution in [2.45, 2.75) is 13.2 Å². The first-order valence-electron chi connectivity index (χ1n) is 8.17. The van der Waals surface area contributed by atoms with Gasteiger partial charge in [-0.05, 0) is 45.8 Å². The summed E-state index contributed by atoms with van der Waals surface area (Å²) >= 11 is 3.39. The Kier molecular flexibility index (Phi) is 4.84. The molecule has 0 atom stereocenters. The van der Waals surface area contributed by atoms with Crippen molar-refractivity contribution < 1.29 is 9.26 Å². The van der Waals surface area contributed by atoms with Crippen LogP contribution in [0.15, 0.2) is 82.3 Å².